The van der Waals surface area contributed by atoms with Crippen LogP contribution in [0.5, 0.6) is 0 Å². The Kier molecular flexibility index (Phi) is 4.20. The summed E-state index contributed by atoms with van der Waals surface area (Å²) in [4.78, 5) is 6.39. The van der Waals surface area contributed by atoms with Gasteiger partial charge in [0.2, 0.25) is 0 Å². The largest absolute Gasteiger partial charge is 0.397 e. The third kappa shape index (κ3) is 3.09. The summed E-state index contributed by atoms with van der Waals surface area (Å²) < 4.78 is 0. The Bertz CT molecular complexity index is 350. The normalized spacial score (nSPS) is 17.0. The molecule has 0 aromatic carbocycles. The molecule has 0 unspecified atom stereocenters. The van der Waals surface area contributed by atoms with Gasteiger partial charge in [-0.3, -0.25) is 4.98 Å². The molecule has 94 valence electrons. The molecule has 4 nitrogen and oxygen atoms in total. The van der Waals surface area contributed by atoms with E-state index in [9.17, 15) is 5.11 Å². The van der Waals surface area contributed by atoms with Gasteiger partial charge in [0.15, 0.2) is 0 Å². The number of hydrogen-bond acceptors (Lipinski definition) is 4. The summed E-state index contributed by atoms with van der Waals surface area (Å²) in [5.74, 6) is 0. The Labute approximate surface area is 102 Å². The molecule has 1 fully saturated rings. The summed E-state index contributed by atoms with van der Waals surface area (Å²) in [6.07, 6.45) is 9.79. The first-order chi connectivity index (χ1) is 8.31. The molecule has 1 aliphatic carbocycles. The average molecular weight is 235 g/mol. The Hall–Kier alpha value is -1.29. The van der Waals surface area contributed by atoms with E-state index < -0.39 is 0 Å². The first-order valence-electron chi connectivity index (χ1n) is 6.39. The highest BCUT2D eigenvalue weighted by molar-refractivity contribution is 5.54. The molecule has 4 heteroatoms. The van der Waals surface area contributed by atoms with Crippen molar-refractivity contribution >= 4 is 11.4 Å². The van der Waals surface area contributed by atoms with Gasteiger partial charge in [0.25, 0.3) is 0 Å². The van der Waals surface area contributed by atoms with Crippen molar-refractivity contribution in [1.82, 2.24) is 4.98 Å². The van der Waals surface area contributed by atoms with Crippen LogP contribution in [0.15, 0.2) is 18.5 Å². The number of aliphatic hydroxyl groups is 1. The second-order valence-corrected chi connectivity index (χ2v) is 4.69. The van der Waals surface area contributed by atoms with Crippen LogP contribution >= 0.6 is 0 Å². The van der Waals surface area contributed by atoms with E-state index in [1.165, 1.54) is 32.1 Å². The minimum absolute atomic E-state index is 0.172. The van der Waals surface area contributed by atoms with Crippen molar-refractivity contribution in [2.75, 3.05) is 23.8 Å². The fraction of sp³-hybridized carbons (Fsp3) is 0.615. The Morgan fingerprint density at radius 3 is 2.71 bits per heavy atom. The van der Waals surface area contributed by atoms with E-state index in [4.69, 9.17) is 5.73 Å². The third-order valence-corrected chi connectivity index (χ3v) is 3.43. The maximum Gasteiger partial charge on any atom is 0.0606 e. The lowest BCUT2D eigenvalue weighted by Gasteiger charge is -2.35. The second kappa shape index (κ2) is 5.87. The molecule has 2 rings (SSSR count). The number of nitrogens with two attached hydrogens (primary N) is 1. The van der Waals surface area contributed by atoms with E-state index in [0.717, 1.165) is 5.69 Å². The molecule has 0 aliphatic heterocycles. The Morgan fingerprint density at radius 1 is 1.29 bits per heavy atom. The van der Waals surface area contributed by atoms with Gasteiger partial charge in [-0.15, -0.1) is 0 Å². The van der Waals surface area contributed by atoms with Gasteiger partial charge in [0, 0.05) is 18.8 Å². The zero-order valence-electron chi connectivity index (χ0n) is 10.2. The predicted molar refractivity (Wildman–Crippen MR) is 70.0 cm³/mol. The maximum atomic E-state index is 9.20. The lowest BCUT2D eigenvalue weighted by molar-refractivity contribution is 0.290. The van der Waals surface area contributed by atoms with Crippen LogP contribution in [0.3, 0.4) is 0 Å². The van der Waals surface area contributed by atoms with Crippen molar-refractivity contribution in [2.24, 2.45) is 0 Å². The standard InChI is InChI=1S/C13H21N3O/c14-11-8-13(10-15-9-11)16(6-7-17)12-4-2-1-3-5-12/h8-10,12,17H,1-7,14H2. The van der Waals surface area contributed by atoms with Crippen molar-refractivity contribution in [3.05, 3.63) is 18.5 Å². The van der Waals surface area contributed by atoms with E-state index in [0.29, 0.717) is 18.3 Å². The number of aliphatic hydroxyl groups excluding tert-OH is 1. The zero-order chi connectivity index (χ0) is 12.1. The SMILES string of the molecule is Nc1cncc(N(CCO)C2CCCCC2)c1. The molecule has 17 heavy (non-hydrogen) atoms. The van der Waals surface area contributed by atoms with E-state index in [1.807, 2.05) is 12.3 Å². The van der Waals surface area contributed by atoms with Crippen LogP contribution in [-0.2, 0) is 0 Å². The van der Waals surface area contributed by atoms with Crippen molar-refractivity contribution in [2.45, 2.75) is 38.1 Å². The molecule has 3 N–H and O–H groups in total. The monoisotopic (exact) mass is 235 g/mol. The summed E-state index contributed by atoms with van der Waals surface area (Å²) in [6.45, 7) is 0.834. The number of hydrogen-bond donors (Lipinski definition) is 2. The molecule has 1 aromatic heterocycles. The van der Waals surface area contributed by atoms with Crippen LogP contribution in [-0.4, -0.2) is 29.3 Å². The Balaban J connectivity index is 2.15. The van der Waals surface area contributed by atoms with E-state index in [1.54, 1.807) is 6.20 Å². The number of nitrogens with zero attached hydrogens (tertiary/aromatic N) is 2. The molecular formula is C13H21N3O. The zero-order valence-corrected chi connectivity index (χ0v) is 10.2. The van der Waals surface area contributed by atoms with Gasteiger partial charge < -0.3 is 15.7 Å². The average Bonchev–Trinajstić information content (AvgIpc) is 2.37. The van der Waals surface area contributed by atoms with Gasteiger partial charge in [-0.2, -0.15) is 0 Å². The van der Waals surface area contributed by atoms with Crippen molar-refractivity contribution in [1.29, 1.82) is 0 Å². The van der Waals surface area contributed by atoms with Crippen LogP contribution in [0.25, 0.3) is 0 Å². The third-order valence-electron chi connectivity index (χ3n) is 3.43. The fourth-order valence-corrected chi connectivity index (χ4v) is 2.63. The highest BCUT2D eigenvalue weighted by atomic mass is 16.3. The molecule has 0 amide bonds. The molecule has 1 heterocycles. The first-order valence-corrected chi connectivity index (χ1v) is 6.39. The molecule has 1 aliphatic rings. The van der Waals surface area contributed by atoms with E-state index in [-0.39, 0.29) is 6.61 Å². The second-order valence-electron chi connectivity index (χ2n) is 4.69. The van der Waals surface area contributed by atoms with Crippen molar-refractivity contribution in [3.63, 3.8) is 0 Å². The topological polar surface area (TPSA) is 62.4 Å². The molecule has 0 radical (unpaired) electrons. The lowest BCUT2D eigenvalue weighted by atomic mass is 9.94. The molecular weight excluding hydrogens is 214 g/mol. The van der Waals surface area contributed by atoms with E-state index >= 15 is 0 Å². The number of anilines is 2. The minimum Gasteiger partial charge on any atom is -0.397 e. The predicted octanol–water partition coefficient (Wildman–Crippen LogP) is 1.80. The van der Waals surface area contributed by atoms with Crippen LogP contribution in [0.4, 0.5) is 11.4 Å². The van der Waals surface area contributed by atoms with E-state index in [2.05, 4.69) is 9.88 Å². The van der Waals surface area contributed by atoms with Gasteiger partial charge in [-0.25, -0.2) is 0 Å². The highest BCUT2D eigenvalue weighted by Gasteiger charge is 2.21. The van der Waals surface area contributed by atoms with Crippen LogP contribution in [0.2, 0.25) is 0 Å². The fourth-order valence-electron chi connectivity index (χ4n) is 2.63. The summed E-state index contributed by atoms with van der Waals surface area (Å²) >= 11 is 0. The van der Waals surface area contributed by atoms with Crippen molar-refractivity contribution < 1.29 is 5.11 Å². The number of nitrogen functional groups attached to an aromatic ring is 1. The van der Waals surface area contributed by atoms with Crippen molar-refractivity contribution in [3.8, 4) is 0 Å². The summed E-state index contributed by atoms with van der Waals surface area (Å²) in [5, 5.41) is 9.20. The van der Waals surface area contributed by atoms with Crippen LogP contribution in [0.1, 0.15) is 32.1 Å². The summed E-state index contributed by atoms with van der Waals surface area (Å²) in [7, 11) is 0. The lowest BCUT2D eigenvalue weighted by Crippen LogP contribution is -2.38. The molecule has 0 atom stereocenters. The molecule has 1 aromatic rings. The minimum atomic E-state index is 0.172. The van der Waals surface area contributed by atoms with Gasteiger partial charge in [-0.1, -0.05) is 19.3 Å². The molecule has 0 bridgehead atoms. The summed E-state index contributed by atoms with van der Waals surface area (Å²) in [6, 6.07) is 2.47. The van der Waals surface area contributed by atoms with Crippen LogP contribution in [0, 0.1) is 0 Å². The van der Waals surface area contributed by atoms with Gasteiger partial charge >= 0.3 is 0 Å². The molecule has 0 spiro atoms. The molecule has 1 saturated carbocycles. The summed E-state index contributed by atoms with van der Waals surface area (Å²) in [5.41, 5.74) is 7.49. The molecule has 0 saturated heterocycles. The van der Waals surface area contributed by atoms with Gasteiger partial charge in [0.1, 0.15) is 0 Å². The number of rotatable bonds is 4. The number of aromatic nitrogens is 1. The maximum absolute atomic E-state index is 9.20. The highest BCUT2D eigenvalue weighted by Crippen LogP contribution is 2.27. The van der Waals surface area contributed by atoms with Crippen LogP contribution < -0.4 is 10.6 Å². The Morgan fingerprint density at radius 2 is 2.06 bits per heavy atom. The number of pyridine rings is 1. The first kappa shape index (κ1) is 12.2. The van der Waals surface area contributed by atoms with Gasteiger partial charge in [-0.05, 0) is 18.9 Å². The van der Waals surface area contributed by atoms with Gasteiger partial charge in [0.05, 0.1) is 24.2 Å². The smallest absolute Gasteiger partial charge is 0.0606 e. The quantitative estimate of drug-likeness (QED) is 0.835.